The smallest absolute Gasteiger partial charge is 0.438 e. The van der Waals surface area contributed by atoms with E-state index in [-0.39, 0.29) is 22.8 Å². The highest BCUT2D eigenvalue weighted by atomic mass is 35.5. The maximum atomic E-state index is 14.2. The molecule has 12 heteroatoms. The zero-order chi connectivity index (χ0) is 44.8. The first-order valence-electron chi connectivity index (χ1n) is 20.8. The van der Waals surface area contributed by atoms with Gasteiger partial charge in [-0.1, -0.05) is 78.3 Å². The largest absolute Gasteiger partial charge is 0.498 e. The number of halogens is 3. The molecule has 0 spiro atoms. The van der Waals surface area contributed by atoms with Crippen LogP contribution in [0.5, 0.6) is 0 Å². The van der Waals surface area contributed by atoms with Crippen LogP contribution in [0.4, 0.5) is 8.78 Å². The summed E-state index contributed by atoms with van der Waals surface area (Å²) in [7, 11) is -0.439. The molecule has 4 aromatic carbocycles. The van der Waals surface area contributed by atoms with E-state index < -0.39 is 7.12 Å². The van der Waals surface area contributed by atoms with E-state index in [4.69, 9.17) is 29.7 Å². The summed E-state index contributed by atoms with van der Waals surface area (Å²) in [6, 6.07) is 40.4. The van der Waals surface area contributed by atoms with Gasteiger partial charge in [-0.2, -0.15) is 0 Å². The number of furan rings is 2. The number of fused-ring (bicyclic) bond motifs is 6. The summed E-state index contributed by atoms with van der Waals surface area (Å²) in [6.07, 6.45) is 3.26. The highest BCUT2D eigenvalue weighted by molar-refractivity contribution is 6.65. The van der Waals surface area contributed by atoms with E-state index >= 15 is 0 Å². The van der Waals surface area contributed by atoms with Gasteiger partial charge in [0.15, 0.2) is 0 Å². The molecule has 0 radical (unpaired) electrons. The average molecular weight is 871 g/mol. The normalized spacial score (nSPS) is 14.1. The van der Waals surface area contributed by atoms with Crippen molar-refractivity contribution in [2.24, 2.45) is 0 Å². The van der Waals surface area contributed by atoms with Gasteiger partial charge in [0, 0.05) is 67.5 Å². The molecule has 6 aromatic heterocycles. The van der Waals surface area contributed by atoms with Gasteiger partial charge in [0.2, 0.25) is 11.4 Å². The fraction of sp³-hybridized carbons (Fsp3) is 0.154. The Kier molecular flexibility index (Phi) is 11.3. The molecule has 0 amide bonds. The summed E-state index contributed by atoms with van der Waals surface area (Å²) in [4.78, 5) is 17.3. The van der Waals surface area contributed by atoms with Crippen LogP contribution in [0.2, 0.25) is 5.15 Å². The second-order valence-electron chi connectivity index (χ2n) is 16.6. The Morgan fingerprint density at radius 2 is 1.02 bits per heavy atom. The third kappa shape index (κ3) is 8.25. The van der Waals surface area contributed by atoms with Crippen molar-refractivity contribution in [3.8, 4) is 33.5 Å². The molecular weight excluding hydrogens is 829 g/mol. The van der Waals surface area contributed by atoms with Crippen molar-refractivity contribution in [3.63, 3.8) is 0 Å². The van der Waals surface area contributed by atoms with Gasteiger partial charge in [0.25, 0.3) is 0 Å². The molecule has 1 fully saturated rings. The van der Waals surface area contributed by atoms with Crippen LogP contribution in [0.15, 0.2) is 155 Å². The van der Waals surface area contributed by atoms with E-state index in [1.165, 1.54) is 12.1 Å². The maximum Gasteiger partial charge on any atom is 0.498 e. The van der Waals surface area contributed by atoms with Gasteiger partial charge in [-0.25, -0.2) is 23.7 Å². The van der Waals surface area contributed by atoms with E-state index in [1.54, 1.807) is 54.9 Å². The number of para-hydroxylation sites is 2. The molecular formula is C52H42BClF2N4O4. The summed E-state index contributed by atoms with van der Waals surface area (Å²) in [6.45, 7) is 12.1. The predicted octanol–water partition coefficient (Wildman–Crippen LogP) is 13.3. The molecule has 64 heavy (non-hydrogen) atoms. The number of benzene rings is 4. The van der Waals surface area contributed by atoms with E-state index in [9.17, 15) is 8.78 Å². The summed E-state index contributed by atoms with van der Waals surface area (Å²) in [5.74, 6) is -0.508. The number of aromatic nitrogens is 4. The van der Waals surface area contributed by atoms with Gasteiger partial charge in [-0.15, -0.1) is 0 Å². The molecule has 318 valence electrons. The number of hydrogen-bond donors (Lipinski definition) is 0. The monoisotopic (exact) mass is 870 g/mol. The number of rotatable bonds is 4. The van der Waals surface area contributed by atoms with Gasteiger partial charge in [-0.3, -0.25) is 4.98 Å². The van der Waals surface area contributed by atoms with Crippen LogP contribution in [0.1, 0.15) is 39.1 Å². The lowest BCUT2D eigenvalue weighted by Crippen LogP contribution is -2.41. The van der Waals surface area contributed by atoms with Crippen molar-refractivity contribution in [1.82, 2.24) is 19.9 Å². The number of aryl methyl sites for hydroxylation is 2. The molecule has 1 saturated heterocycles. The first kappa shape index (κ1) is 42.5. The SMILES string of the molecule is Cc1ccc2c(n1)oc1c(-c3cc(-c4ccccc4F)ccn3)cccc12.Cc1ccc2c(n1)oc1c(B3OC(C)(C)C(C)(C)O3)cccc12.Fc1ccccc1-c1ccnc(Cl)c1. The zero-order valence-corrected chi connectivity index (χ0v) is 36.7. The molecule has 0 N–H and O–H groups in total. The first-order valence-corrected chi connectivity index (χ1v) is 21.2. The van der Waals surface area contributed by atoms with Gasteiger partial charge in [0.1, 0.15) is 28.0 Å². The van der Waals surface area contributed by atoms with Crippen LogP contribution in [0, 0.1) is 25.5 Å². The Bertz CT molecular complexity index is 3340. The predicted molar refractivity (Wildman–Crippen MR) is 251 cm³/mol. The van der Waals surface area contributed by atoms with Crippen LogP contribution in [0.25, 0.3) is 77.6 Å². The summed E-state index contributed by atoms with van der Waals surface area (Å²) < 4.78 is 52.0. The quantitative estimate of drug-likeness (QED) is 0.127. The van der Waals surface area contributed by atoms with Crippen molar-refractivity contribution in [2.45, 2.75) is 52.7 Å². The number of pyridine rings is 4. The van der Waals surface area contributed by atoms with Crippen molar-refractivity contribution < 1.29 is 26.9 Å². The molecule has 0 saturated carbocycles. The van der Waals surface area contributed by atoms with Gasteiger partial charge >= 0.3 is 7.12 Å². The Hall–Kier alpha value is -6.79. The van der Waals surface area contributed by atoms with E-state index in [2.05, 4.69) is 53.7 Å². The van der Waals surface area contributed by atoms with Gasteiger partial charge in [-0.05, 0) is 119 Å². The second-order valence-corrected chi connectivity index (χ2v) is 17.0. The number of nitrogens with zero attached hydrogens (tertiary/aromatic N) is 4. The average Bonchev–Trinajstić information content (AvgIpc) is 3.91. The van der Waals surface area contributed by atoms with Gasteiger partial charge < -0.3 is 18.1 Å². The molecule has 1 aliphatic heterocycles. The summed E-state index contributed by atoms with van der Waals surface area (Å²) >= 11 is 5.71. The van der Waals surface area contributed by atoms with E-state index in [0.29, 0.717) is 27.7 Å². The minimum atomic E-state index is -0.439. The molecule has 11 rings (SSSR count). The Morgan fingerprint density at radius 3 is 1.59 bits per heavy atom. The molecule has 10 aromatic rings. The maximum absolute atomic E-state index is 14.2. The van der Waals surface area contributed by atoms with Crippen LogP contribution in [-0.4, -0.2) is 38.3 Å². The standard InChI is InChI=1S/C23H15FN2O.C18H20BNO3.C11H7ClFN/c1-14-9-10-18-17-6-4-7-19(22(17)27-23(18)26-14)21-13-15(11-12-25-21)16-5-2-3-8-20(16)24;1-11-9-10-13-12-7-6-8-14(15(12)21-16(13)20-11)19-22-17(2,3)18(4,5)23-19;12-11-7-8(5-6-14-11)9-3-1-2-4-10(9)13/h2-13H,1H3;6-10H,1-5H3;1-7H. The molecule has 0 bridgehead atoms. The number of hydrogen-bond acceptors (Lipinski definition) is 8. The minimum absolute atomic E-state index is 0.253. The van der Waals surface area contributed by atoms with E-state index in [1.807, 2.05) is 86.6 Å². The highest BCUT2D eigenvalue weighted by Gasteiger charge is 2.52. The Labute approximate surface area is 374 Å². The molecule has 0 atom stereocenters. The van der Waals surface area contributed by atoms with E-state index in [0.717, 1.165) is 71.9 Å². The highest BCUT2D eigenvalue weighted by Crippen LogP contribution is 2.39. The molecule has 0 unspecified atom stereocenters. The molecule has 8 nitrogen and oxygen atoms in total. The first-order chi connectivity index (χ1) is 30.8. The third-order valence-corrected chi connectivity index (χ3v) is 11.9. The fourth-order valence-corrected chi connectivity index (χ4v) is 7.80. The Morgan fingerprint density at radius 1 is 0.516 bits per heavy atom. The summed E-state index contributed by atoms with van der Waals surface area (Å²) in [5, 5.41) is 4.39. The zero-order valence-electron chi connectivity index (χ0n) is 36.0. The van der Waals surface area contributed by atoms with Crippen LogP contribution < -0.4 is 5.46 Å². The molecule has 7 heterocycles. The lowest BCUT2D eigenvalue weighted by atomic mass is 9.78. The fourth-order valence-electron chi connectivity index (χ4n) is 7.63. The van der Waals surface area contributed by atoms with Crippen molar-refractivity contribution in [3.05, 3.63) is 174 Å². The summed E-state index contributed by atoms with van der Waals surface area (Å²) in [5.41, 5.74) is 9.01. The van der Waals surface area contributed by atoms with Crippen molar-refractivity contribution in [1.29, 1.82) is 0 Å². The lowest BCUT2D eigenvalue weighted by Gasteiger charge is -2.32. The molecule has 0 aliphatic carbocycles. The van der Waals surface area contributed by atoms with Crippen molar-refractivity contribution >= 4 is 68.3 Å². The van der Waals surface area contributed by atoms with Crippen molar-refractivity contribution in [2.75, 3.05) is 0 Å². The van der Waals surface area contributed by atoms with Crippen LogP contribution in [0.3, 0.4) is 0 Å². The minimum Gasteiger partial charge on any atom is -0.438 e. The second kappa shape index (κ2) is 17.1. The van der Waals surface area contributed by atoms with Gasteiger partial charge in [0.05, 0.1) is 16.9 Å². The lowest BCUT2D eigenvalue weighted by molar-refractivity contribution is 0.00578. The Balaban J connectivity index is 0.000000128. The van der Waals surface area contributed by atoms with Crippen LogP contribution >= 0.6 is 11.6 Å². The van der Waals surface area contributed by atoms with Crippen LogP contribution in [-0.2, 0) is 9.31 Å². The topological polar surface area (TPSA) is 96.3 Å². The molecule has 1 aliphatic rings. The third-order valence-electron chi connectivity index (χ3n) is 11.7.